The zero-order valence-electron chi connectivity index (χ0n) is 19.8. The number of methoxy groups -OCH3 is 2. The summed E-state index contributed by atoms with van der Waals surface area (Å²) >= 11 is 0. The molecule has 0 atom stereocenters. The van der Waals surface area contributed by atoms with Gasteiger partial charge in [0, 0.05) is 49.6 Å². The lowest BCUT2D eigenvalue weighted by Crippen LogP contribution is -2.47. The average molecular weight is 467 g/mol. The van der Waals surface area contributed by atoms with Crippen molar-refractivity contribution in [2.75, 3.05) is 50.2 Å². The molecule has 1 aliphatic rings. The lowest BCUT2D eigenvalue weighted by Gasteiger charge is -2.36. The molecule has 0 bridgehead atoms. The third-order valence-corrected chi connectivity index (χ3v) is 6.34. The first-order valence-corrected chi connectivity index (χ1v) is 11.5. The second-order valence-corrected chi connectivity index (χ2v) is 8.37. The summed E-state index contributed by atoms with van der Waals surface area (Å²) in [5.74, 6) is 3.21. The zero-order valence-corrected chi connectivity index (χ0v) is 19.8. The number of pyridine rings is 1. The third kappa shape index (κ3) is 4.53. The van der Waals surface area contributed by atoms with Crippen molar-refractivity contribution in [3.05, 3.63) is 77.6 Å². The Balaban J connectivity index is 1.37. The minimum atomic E-state index is 0.572. The molecule has 0 aliphatic carbocycles. The summed E-state index contributed by atoms with van der Waals surface area (Å²) < 4.78 is 10.8. The number of piperazine rings is 1. The summed E-state index contributed by atoms with van der Waals surface area (Å²) in [5, 5.41) is 20.5. The molecule has 0 unspecified atom stereocenters. The van der Waals surface area contributed by atoms with Crippen LogP contribution in [0.2, 0.25) is 0 Å². The molecule has 4 aromatic rings. The molecule has 1 fully saturated rings. The van der Waals surface area contributed by atoms with E-state index in [4.69, 9.17) is 14.7 Å². The number of ether oxygens (including phenoxy) is 2. The van der Waals surface area contributed by atoms with Crippen LogP contribution >= 0.6 is 0 Å². The molecule has 2 aromatic heterocycles. The van der Waals surface area contributed by atoms with E-state index in [-0.39, 0.29) is 0 Å². The molecule has 0 saturated carbocycles. The van der Waals surface area contributed by atoms with E-state index in [1.165, 1.54) is 0 Å². The van der Waals surface area contributed by atoms with Crippen LogP contribution in [0.15, 0.2) is 60.8 Å². The van der Waals surface area contributed by atoms with Crippen molar-refractivity contribution in [2.24, 2.45) is 0 Å². The van der Waals surface area contributed by atoms with Gasteiger partial charge in [0.2, 0.25) is 0 Å². The lowest BCUT2D eigenvalue weighted by atomic mass is 10.0. The van der Waals surface area contributed by atoms with Crippen LogP contribution in [0.4, 0.5) is 11.6 Å². The highest BCUT2D eigenvalue weighted by molar-refractivity contribution is 5.93. The molecule has 0 N–H and O–H groups in total. The van der Waals surface area contributed by atoms with Gasteiger partial charge in [0.25, 0.3) is 0 Å². The van der Waals surface area contributed by atoms with E-state index in [0.29, 0.717) is 23.5 Å². The van der Waals surface area contributed by atoms with Crippen molar-refractivity contribution < 1.29 is 9.47 Å². The zero-order chi connectivity index (χ0) is 24.2. The van der Waals surface area contributed by atoms with Gasteiger partial charge in [0.05, 0.1) is 25.5 Å². The van der Waals surface area contributed by atoms with Gasteiger partial charge in [0.15, 0.2) is 17.3 Å². The molecule has 2 aromatic carbocycles. The fraction of sp³-hybridized carbons (Fsp3) is 0.259. The Kier molecular flexibility index (Phi) is 6.31. The smallest absolute Gasteiger partial charge is 0.160 e. The highest BCUT2D eigenvalue weighted by Gasteiger charge is 2.22. The van der Waals surface area contributed by atoms with Crippen LogP contribution < -0.4 is 19.3 Å². The van der Waals surface area contributed by atoms with Gasteiger partial charge in [-0.2, -0.15) is 10.4 Å². The van der Waals surface area contributed by atoms with Gasteiger partial charge in [0.1, 0.15) is 11.9 Å². The maximum absolute atomic E-state index is 9.00. The highest BCUT2D eigenvalue weighted by atomic mass is 16.5. The monoisotopic (exact) mass is 466 g/mol. The van der Waals surface area contributed by atoms with Crippen LogP contribution in [0, 0.1) is 11.3 Å². The van der Waals surface area contributed by atoms with Crippen LogP contribution in [-0.4, -0.2) is 55.6 Å². The minimum absolute atomic E-state index is 0.572. The molecule has 8 nitrogen and oxygen atoms in total. The quantitative estimate of drug-likeness (QED) is 0.424. The number of nitrogens with zero attached hydrogens (tertiary/aromatic N) is 6. The van der Waals surface area contributed by atoms with Crippen molar-refractivity contribution in [2.45, 2.75) is 6.42 Å². The number of hydrogen-bond donors (Lipinski definition) is 0. The van der Waals surface area contributed by atoms with Crippen molar-refractivity contribution >= 4 is 22.4 Å². The topological polar surface area (TPSA) is 87.4 Å². The van der Waals surface area contributed by atoms with Gasteiger partial charge in [-0.15, -0.1) is 5.10 Å². The molecule has 35 heavy (non-hydrogen) atoms. The Morgan fingerprint density at radius 2 is 1.60 bits per heavy atom. The molecular formula is C27H26N6O2. The fourth-order valence-corrected chi connectivity index (χ4v) is 4.48. The summed E-state index contributed by atoms with van der Waals surface area (Å²) in [4.78, 5) is 8.96. The normalized spacial score (nSPS) is 13.5. The van der Waals surface area contributed by atoms with Crippen LogP contribution in [0.3, 0.4) is 0 Å². The second kappa shape index (κ2) is 9.85. The van der Waals surface area contributed by atoms with Gasteiger partial charge in [-0.25, -0.2) is 4.98 Å². The summed E-state index contributed by atoms with van der Waals surface area (Å²) in [6.07, 6.45) is 2.27. The number of fused-ring (bicyclic) bond motifs is 1. The standard InChI is InChI=1S/C27H26N6O2/c1-34-24-9-7-19(16-25(24)35-2)15-23-21-5-3-4-6-22(21)27(31-30-23)33-13-11-32(12-14-33)26-10-8-20(17-28)18-29-26/h3-10,16,18H,11-15H2,1-2H3. The largest absolute Gasteiger partial charge is 0.493 e. The number of benzene rings is 2. The van der Waals surface area contributed by atoms with Gasteiger partial charge >= 0.3 is 0 Å². The second-order valence-electron chi connectivity index (χ2n) is 8.37. The van der Waals surface area contributed by atoms with Crippen LogP contribution in [-0.2, 0) is 6.42 Å². The maximum Gasteiger partial charge on any atom is 0.160 e. The van der Waals surface area contributed by atoms with Gasteiger partial charge in [-0.05, 0) is 29.8 Å². The predicted molar refractivity (Wildman–Crippen MR) is 135 cm³/mol. The van der Waals surface area contributed by atoms with Crippen molar-refractivity contribution in [3.63, 3.8) is 0 Å². The van der Waals surface area contributed by atoms with Crippen LogP contribution in [0.25, 0.3) is 10.8 Å². The summed E-state index contributed by atoms with van der Waals surface area (Å²) in [7, 11) is 3.28. The molecular weight excluding hydrogens is 440 g/mol. The fourth-order valence-electron chi connectivity index (χ4n) is 4.48. The Bertz CT molecular complexity index is 1380. The molecule has 5 rings (SSSR count). The van der Waals surface area contributed by atoms with Crippen LogP contribution in [0.5, 0.6) is 11.5 Å². The van der Waals surface area contributed by atoms with Crippen LogP contribution in [0.1, 0.15) is 16.8 Å². The Labute approximate surface area is 204 Å². The van der Waals surface area contributed by atoms with E-state index < -0.39 is 0 Å². The van der Waals surface area contributed by atoms with Crippen molar-refractivity contribution in [1.82, 2.24) is 15.2 Å². The van der Waals surface area contributed by atoms with E-state index in [1.807, 2.05) is 42.5 Å². The minimum Gasteiger partial charge on any atom is -0.493 e. The predicted octanol–water partition coefficient (Wildman–Crippen LogP) is 3.83. The summed E-state index contributed by atoms with van der Waals surface area (Å²) in [5.41, 5.74) is 2.58. The molecule has 1 saturated heterocycles. The first kappa shape index (κ1) is 22.4. The van der Waals surface area contributed by atoms with E-state index in [2.05, 4.69) is 43.2 Å². The first-order valence-electron chi connectivity index (χ1n) is 11.5. The van der Waals surface area contributed by atoms with Crippen molar-refractivity contribution in [1.29, 1.82) is 5.26 Å². The lowest BCUT2D eigenvalue weighted by molar-refractivity contribution is 0.354. The Hall–Kier alpha value is -4.38. The Morgan fingerprint density at radius 3 is 2.29 bits per heavy atom. The van der Waals surface area contributed by atoms with E-state index in [1.54, 1.807) is 20.4 Å². The van der Waals surface area contributed by atoms with E-state index >= 15 is 0 Å². The summed E-state index contributed by atoms with van der Waals surface area (Å²) in [6, 6.07) is 20.1. The third-order valence-electron chi connectivity index (χ3n) is 6.34. The molecule has 3 heterocycles. The SMILES string of the molecule is COc1ccc(Cc2nnc(N3CCN(c4ccc(C#N)cn4)CC3)c3ccccc23)cc1OC. The molecule has 176 valence electrons. The average Bonchev–Trinajstić information content (AvgIpc) is 2.93. The summed E-state index contributed by atoms with van der Waals surface area (Å²) in [6.45, 7) is 3.27. The number of hydrogen-bond acceptors (Lipinski definition) is 8. The molecule has 1 aliphatic heterocycles. The molecule has 0 amide bonds. The molecule has 8 heteroatoms. The van der Waals surface area contributed by atoms with E-state index in [9.17, 15) is 0 Å². The Morgan fingerprint density at radius 1 is 0.857 bits per heavy atom. The maximum atomic E-state index is 9.00. The van der Waals surface area contributed by atoms with E-state index in [0.717, 1.165) is 59.8 Å². The molecule has 0 radical (unpaired) electrons. The van der Waals surface area contributed by atoms with Gasteiger partial charge in [-0.1, -0.05) is 30.3 Å². The van der Waals surface area contributed by atoms with Crippen molar-refractivity contribution in [3.8, 4) is 17.6 Å². The number of anilines is 2. The number of nitriles is 1. The highest BCUT2D eigenvalue weighted by Crippen LogP contribution is 2.31. The number of rotatable bonds is 6. The molecule has 0 spiro atoms. The first-order chi connectivity index (χ1) is 17.2. The number of aromatic nitrogens is 3. The van der Waals surface area contributed by atoms with Gasteiger partial charge in [-0.3, -0.25) is 0 Å². The van der Waals surface area contributed by atoms with Gasteiger partial charge < -0.3 is 19.3 Å².